The number of hydrogen-bond donors (Lipinski definition) is 1. The van der Waals surface area contributed by atoms with Crippen molar-refractivity contribution < 1.29 is 0 Å². The molecule has 2 nitrogen and oxygen atoms in total. The van der Waals surface area contributed by atoms with Gasteiger partial charge in [-0.1, -0.05) is 37.5 Å². The third kappa shape index (κ3) is 3.50. The molecule has 2 heteroatoms. The van der Waals surface area contributed by atoms with Gasteiger partial charge in [0.1, 0.15) is 0 Å². The van der Waals surface area contributed by atoms with Gasteiger partial charge in [-0.25, -0.2) is 0 Å². The molecule has 106 valence electrons. The Hall–Kier alpha value is -1.02. The summed E-state index contributed by atoms with van der Waals surface area (Å²) in [5.41, 5.74) is 4.17. The maximum atomic E-state index is 3.29. The normalized spacial score (nSPS) is 23.4. The predicted octanol–water partition coefficient (Wildman–Crippen LogP) is 3.73. The molecule has 0 aromatic heterocycles. The zero-order valence-electron chi connectivity index (χ0n) is 12.9. The van der Waals surface area contributed by atoms with Crippen LogP contribution in [-0.4, -0.2) is 20.1 Å². The summed E-state index contributed by atoms with van der Waals surface area (Å²) in [5.74, 6) is 0.874. The van der Waals surface area contributed by atoms with Gasteiger partial charge in [0.2, 0.25) is 0 Å². The molecule has 1 N–H and O–H groups in total. The van der Waals surface area contributed by atoms with Crippen LogP contribution in [0.1, 0.15) is 43.7 Å². The maximum absolute atomic E-state index is 3.29. The van der Waals surface area contributed by atoms with Crippen molar-refractivity contribution in [3.8, 4) is 0 Å². The van der Waals surface area contributed by atoms with Gasteiger partial charge in [0.05, 0.1) is 0 Å². The highest BCUT2D eigenvalue weighted by atomic mass is 15.1. The van der Waals surface area contributed by atoms with Gasteiger partial charge in [0, 0.05) is 25.3 Å². The molecule has 0 saturated heterocycles. The molecule has 0 bridgehead atoms. The average Bonchev–Trinajstić information content (AvgIpc) is 2.39. The third-order valence-electron chi connectivity index (χ3n) is 4.44. The first-order valence-electron chi connectivity index (χ1n) is 7.58. The standard InChI is InChI=1S/C17H28N2/c1-13-6-5-7-16(11-13)19(4)17-9-8-14(2)10-15(17)12-18-3/h8-10,13,16,18H,5-7,11-12H2,1-4H3. The van der Waals surface area contributed by atoms with E-state index in [0.29, 0.717) is 6.04 Å². The minimum Gasteiger partial charge on any atom is -0.371 e. The summed E-state index contributed by atoms with van der Waals surface area (Å²) in [5, 5.41) is 3.29. The van der Waals surface area contributed by atoms with Crippen molar-refractivity contribution in [2.24, 2.45) is 5.92 Å². The Morgan fingerprint density at radius 2 is 2.11 bits per heavy atom. The van der Waals surface area contributed by atoms with Gasteiger partial charge < -0.3 is 10.2 Å². The Balaban J connectivity index is 2.19. The lowest BCUT2D eigenvalue weighted by Crippen LogP contribution is -2.36. The van der Waals surface area contributed by atoms with Crippen LogP contribution in [-0.2, 0) is 6.54 Å². The first kappa shape index (κ1) is 14.4. The van der Waals surface area contributed by atoms with E-state index in [1.165, 1.54) is 42.5 Å². The molecular weight excluding hydrogens is 232 g/mol. The van der Waals surface area contributed by atoms with Crippen LogP contribution in [0.3, 0.4) is 0 Å². The molecular formula is C17H28N2. The van der Waals surface area contributed by atoms with Crippen molar-refractivity contribution in [2.75, 3.05) is 19.0 Å². The second-order valence-electron chi connectivity index (χ2n) is 6.20. The molecule has 1 aliphatic carbocycles. The molecule has 2 unspecified atom stereocenters. The third-order valence-corrected chi connectivity index (χ3v) is 4.44. The fourth-order valence-corrected chi connectivity index (χ4v) is 3.34. The van der Waals surface area contributed by atoms with Crippen LogP contribution in [0.5, 0.6) is 0 Å². The highest BCUT2D eigenvalue weighted by Crippen LogP contribution is 2.31. The quantitative estimate of drug-likeness (QED) is 0.887. The fourth-order valence-electron chi connectivity index (χ4n) is 3.34. The zero-order chi connectivity index (χ0) is 13.8. The largest absolute Gasteiger partial charge is 0.371 e. The van der Waals surface area contributed by atoms with Gasteiger partial charge in [0.25, 0.3) is 0 Å². The molecule has 19 heavy (non-hydrogen) atoms. The molecule has 1 aliphatic rings. The Labute approximate surface area is 118 Å². The van der Waals surface area contributed by atoms with Gasteiger partial charge in [-0.2, -0.15) is 0 Å². The molecule has 0 aliphatic heterocycles. The van der Waals surface area contributed by atoms with E-state index in [2.05, 4.69) is 49.3 Å². The van der Waals surface area contributed by atoms with E-state index in [1.807, 2.05) is 7.05 Å². The first-order valence-corrected chi connectivity index (χ1v) is 7.58. The minimum absolute atomic E-state index is 0.710. The Kier molecular flexibility index (Phi) is 4.87. The van der Waals surface area contributed by atoms with Crippen molar-refractivity contribution in [3.05, 3.63) is 29.3 Å². The zero-order valence-corrected chi connectivity index (χ0v) is 12.9. The number of nitrogens with one attached hydrogen (secondary N) is 1. The minimum atomic E-state index is 0.710. The highest BCUT2D eigenvalue weighted by Gasteiger charge is 2.23. The van der Waals surface area contributed by atoms with Crippen molar-refractivity contribution in [2.45, 2.75) is 52.1 Å². The summed E-state index contributed by atoms with van der Waals surface area (Å²) in [7, 11) is 4.29. The predicted molar refractivity (Wildman–Crippen MR) is 83.8 cm³/mol. The topological polar surface area (TPSA) is 15.3 Å². The molecule has 1 fully saturated rings. The van der Waals surface area contributed by atoms with Crippen LogP contribution in [0.25, 0.3) is 0 Å². The lowest BCUT2D eigenvalue weighted by Gasteiger charge is -2.36. The summed E-state index contributed by atoms with van der Waals surface area (Å²) in [6, 6.07) is 7.55. The molecule has 0 spiro atoms. The first-order chi connectivity index (χ1) is 9.11. The van der Waals surface area contributed by atoms with Crippen molar-refractivity contribution >= 4 is 5.69 Å². The Morgan fingerprint density at radius 3 is 2.79 bits per heavy atom. The molecule has 0 amide bonds. The summed E-state index contributed by atoms with van der Waals surface area (Å²) in [4.78, 5) is 2.52. The molecule has 2 atom stereocenters. The summed E-state index contributed by atoms with van der Waals surface area (Å²) < 4.78 is 0. The van der Waals surface area contributed by atoms with Gasteiger partial charge in [-0.3, -0.25) is 0 Å². The van der Waals surface area contributed by atoms with Crippen LogP contribution < -0.4 is 10.2 Å². The lowest BCUT2D eigenvalue weighted by molar-refractivity contribution is 0.336. The number of hydrogen-bond acceptors (Lipinski definition) is 2. The summed E-state index contributed by atoms with van der Waals surface area (Å²) >= 11 is 0. The fraction of sp³-hybridized carbons (Fsp3) is 0.647. The van der Waals surface area contributed by atoms with Crippen LogP contribution >= 0.6 is 0 Å². The van der Waals surface area contributed by atoms with E-state index in [1.54, 1.807) is 0 Å². The number of anilines is 1. The van der Waals surface area contributed by atoms with Gasteiger partial charge in [-0.05, 0) is 44.4 Å². The lowest BCUT2D eigenvalue weighted by atomic mass is 9.86. The maximum Gasteiger partial charge on any atom is 0.0411 e. The monoisotopic (exact) mass is 260 g/mol. The second kappa shape index (κ2) is 6.42. The number of rotatable bonds is 4. The smallest absolute Gasteiger partial charge is 0.0411 e. The number of nitrogens with zero attached hydrogens (tertiary/aromatic N) is 1. The number of aryl methyl sites for hydroxylation is 1. The molecule has 1 aromatic rings. The Bertz CT molecular complexity index is 414. The van der Waals surface area contributed by atoms with Crippen molar-refractivity contribution in [1.29, 1.82) is 0 Å². The van der Waals surface area contributed by atoms with E-state index in [9.17, 15) is 0 Å². The Morgan fingerprint density at radius 1 is 1.32 bits per heavy atom. The summed E-state index contributed by atoms with van der Waals surface area (Å²) in [6.07, 6.45) is 5.46. The van der Waals surface area contributed by atoms with Crippen LogP contribution in [0.2, 0.25) is 0 Å². The van der Waals surface area contributed by atoms with E-state index < -0.39 is 0 Å². The van der Waals surface area contributed by atoms with Crippen LogP contribution in [0.4, 0.5) is 5.69 Å². The highest BCUT2D eigenvalue weighted by molar-refractivity contribution is 5.55. The average molecular weight is 260 g/mol. The molecule has 1 aromatic carbocycles. The molecule has 0 heterocycles. The van der Waals surface area contributed by atoms with Crippen LogP contribution in [0.15, 0.2) is 18.2 Å². The van der Waals surface area contributed by atoms with Crippen molar-refractivity contribution in [3.63, 3.8) is 0 Å². The van der Waals surface area contributed by atoms with E-state index in [-0.39, 0.29) is 0 Å². The SMILES string of the molecule is CNCc1cc(C)ccc1N(C)C1CCCC(C)C1. The van der Waals surface area contributed by atoms with Crippen molar-refractivity contribution in [1.82, 2.24) is 5.32 Å². The van der Waals surface area contributed by atoms with Gasteiger partial charge >= 0.3 is 0 Å². The van der Waals surface area contributed by atoms with Gasteiger partial charge in [-0.15, -0.1) is 0 Å². The summed E-state index contributed by atoms with van der Waals surface area (Å²) in [6.45, 7) is 5.51. The van der Waals surface area contributed by atoms with Crippen LogP contribution in [0, 0.1) is 12.8 Å². The van der Waals surface area contributed by atoms with E-state index in [4.69, 9.17) is 0 Å². The molecule has 1 saturated carbocycles. The van der Waals surface area contributed by atoms with E-state index in [0.717, 1.165) is 12.5 Å². The number of benzene rings is 1. The molecule has 0 radical (unpaired) electrons. The molecule has 2 rings (SSSR count). The van der Waals surface area contributed by atoms with Gasteiger partial charge in [0.15, 0.2) is 0 Å². The second-order valence-corrected chi connectivity index (χ2v) is 6.20. The van der Waals surface area contributed by atoms with E-state index >= 15 is 0 Å².